The molecule has 0 spiro atoms. The summed E-state index contributed by atoms with van der Waals surface area (Å²) in [6.45, 7) is 5.64. The number of rotatable bonds is 22. The fourth-order valence-corrected chi connectivity index (χ4v) is 9.82. The van der Waals surface area contributed by atoms with Crippen molar-refractivity contribution < 1.29 is 58.2 Å². The van der Waals surface area contributed by atoms with Crippen molar-refractivity contribution in [2.45, 2.75) is 166 Å². The number of nitrogens with one attached hydrogen (secondary N) is 6. The maximum Gasteiger partial charge on any atom is 0.243 e. The molecule has 3 rings (SSSR count). The van der Waals surface area contributed by atoms with E-state index in [4.69, 9.17) is 28.7 Å². The summed E-state index contributed by atoms with van der Waals surface area (Å²) in [5, 5.41) is 37.6. The first-order valence-electron chi connectivity index (χ1n) is 26.9. The molecule has 0 aromatic heterocycles. The van der Waals surface area contributed by atoms with Gasteiger partial charge in [0.1, 0.15) is 17.9 Å². The Labute approximate surface area is 446 Å². The Morgan fingerprint density at radius 1 is 0.671 bits per heavy atom. The standard InChI is InChI=1S/C53H87N11O12/c1-29(2)23-43-53(76)63-42(16-21-57)52(75)62-41(15-20-56)47(70)28-36(30(3)65)50(73)59-22-17-33(48(71)60-39(13-18-54)46(69)26-34(49(72)64-43)24-32-9-6-5-7-10-32)25-45(68)40(14-19-55)61-51(74)37(31(4)66)27-44(67)35-11-8-12-38(35)58/h5-7,9-10,29-31,33-43,65-66H,8,11-28,54-58H2,1-4H3,(H,59,73)(H,60,71)(H,61,74)(H,62,75)(H,63,76)(H,64,72)/t30?,31?,33-,34+,35?,36+,37+,38?,39+,40+,41+,42+,43+/m1/s1. The zero-order valence-corrected chi connectivity index (χ0v) is 44.8. The third kappa shape index (κ3) is 20.8. The van der Waals surface area contributed by atoms with E-state index in [0.29, 0.717) is 18.4 Å². The molecular weight excluding hydrogens is 983 g/mol. The average molecular weight is 1070 g/mol. The Hall–Kier alpha value is -5.56. The molecular formula is C53H87N11O12. The number of carbonyl (C=O) groups excluding carboxylic acids is 10. The predicted octanol–water partition coefficient (Wildman–Crippen LogP) is -2.20. The Morgan fingerprint density at radius 3 is 1.78 bits per heavy atom. The summed E-state index contributed by atoms with van der Waals surface area (Å²) in [5.74, 6) is -12.5. The van der Waals surface area contributed by atoms with Crippen molar-refractivity contribution in [1.29, 1.82) is 0 Å². The van der Waals surface area contributed by atoms with Gasteiger partial charge in [-0.1, -0.05) is 50.6 Å². The van der Waals surface area contributed by atoms with Crippen LogP contribution in [0.2, 0.25) is 0 Å². The van der Waals surface area contributed by atoms with E-state index in [-0.39, 0.29) is 102 Å². The van der Waals surface area contributed by atoms with E-state index in [1.807, 2.05) is 13.8 Å². The number of hydrogen-bond acceptors (Lipinski definition) is 17. The van der Waals surface area contributed by atoms with E-state index in [9.17, 15) is 58.2 Å². The Balaban J connectivity index is 2.11. The summed E-state index contributed by atoms with van der Waals surface area (Å²) in [6, 6.07) is 2.07. The number of amides is 6. The largest absolute Gasteiger partial charge is 0.393 e. The molecule has 2 fully saturated rings. The average Bonchev–Trinajstić information content (AvgIpc) is 3.80. The van der Waals surface area contributed by atoms with Crippen LogP contribution in [0.4, 0.5) is 0 Å². The molecule has 18 N–H and O–H groups in total. The SMILES string of the molecule is CC(C)C[C@@H]1NC(=O)[C@@H](Cc2ccccc2)CC(=O)[C@H](CCN)NC(=O)[C@@H](CC(=O)[C@H](CCN)NC(=O)[C@@H](CC(=O)C2CCCC2N)C(C)O)CCNC(=O)[C@H](C(C)O)CC(=O)[C@H](CCN)NC(=O)[C@H](CCN)NC1=O. The number of nitrogens with two attached hydrogens (primary N) is 5. The van der Waals surface area contributed by atoms with Gasteiger partial charge in [-0.15, -0.1) is 0 Å². The molecule has 0 bridgehead atoms. The van der Waals surface area contributed by atoms with Crippen LogP contribution in [0.1, 0.15) is 117 Å². The molecule has 23 heteroatoms. The van der Waals surface area contributed by atoms with Gasteiger partial charge in [-0.3, -0.25) is 47.9 Å². The summed E-state index contributed by atoms with van der Waals surface area (Å²) in [6.07, 6.45) is -3.16. The Bertz CT molecular complexity index is 2110. The van der Waals surface area contributed by atoms with Crippen LogP contribution in [-0.2, 0) is 54.4 Å². The molecule has 426 valence electrons. The molecule has 1 aromatic carbocycles. The number of benzene rings is 1. The third-order valence-corrected chi connectivity index (χ3v) is 14.3. The highest BCUT2D eigenvalue weighted by Crippen LogP contribution is 2.28. The van der Waals surface area contributed by atoms with Crippen LogP contribution in [0.25, 0.3) is 0 Å². The second-order valence-electron chi connectivity index (χ2n) is 21.0. The minimum absolute atomic E-state index is 0.0310. The van der Waals surface area contributed by atoms with Gasteiger partial charge in [-0.05, 0) is 109 Å². The third-order valence-electron chi connectivity index (χ3n) is 14.3. The van der Waals surface area contributed by atoms with Gasteiger partial charge < -0.3 is 70.8 Å². The molecule has 76 heavy (non-hydrogen) atoms. The Kier molecular flexibility index (Phi) is 28.0. The predicted molar refractivity (Wildman–Crippen MR) is 283 cm³/mol. The zero-order valence-electron chi connectivity index (χ0n) is 44.8. The van der Waals surface area contributed by atoms with Crippen molar-refractivity contribution in [3.8, 4) is 0 Å². The summed E-state index contributed by atoms with van der Waals surface area (Å²) < 4.78 is 0. The Morgan fingerprint density at radius 2 is 1.22 bits per heavy atom. The molecule has 13 atom stereocenters. The van der Waals surface area contributed by atoms with Gasteiger partial charge in [0.2, 0.25) is 35.4 Å². The molecule has 1 saturated heterocycles. The maximum absolute atomic E-state index is 14.5. The van der Waals surface area contributed by atoms with Gasteiger partial charge >= 0.3 is 0 Å². The first-order valence-corrected chi connectivity index (χ1v) is 26.9. The van der Waals surface area contributed by atoms with Crippen LogP contribution in [0.3, 0.4) is 0 Å². The van der Waals surface area contributed by atoms with Crippen LogP contribution in [0, 0.1) is 35.5 Å². The molecule has 1 saturated carbocycles. The van der Waals surface area contributed by atoms with E-state index in [0.717, 1.165) is 6.42 Å². The van der Waals surface area contributed by atoms with Crippen LogP contribution in [0.15, 0.2) is 30.3 Å². The van der Waals surface area contributed by atoms with Crippen molar-refractivity contribution >= 4 is 58.6 Å². The fraction of sp³-hybridized carbons (Fsp3) is 0.698. The molecule has 1 aromatic rings. The van der Waals surface area contributed by atoms with Crippen molar-refractivity contribution in [3.05, 3.63) is 35.9 Å². The minimum atomic E-state index is -1.41. The first-order chi connectivity index (χ1) is 36.0. The number of ketones is 4. The monoisotopic (exact) mass is 1070 g/mol. The van der Waals surface area contributed by atoms with E-state index in [1.165, 1.54) is 13.8 Å². The van der Waals surface area contributed by atoms with E-state index in [2.05, 4.69) is 31.9 Å². The van der Waals surface area contributed by atoms with E-state index < -0.39 is 144 Å². The number of aliphatic hydroxyl groups excluding tert-OH is 2. The lowest BCUT2D eigenvalue weighted by Crippen LogP contribution is -2.57. The van der Waals surface area contributed by atoms with Crippen LogP contribution in [-0.4, -0.2) is 150 Å². The smallest absolute Gasteiger partial charge is 0.243 e. The number of Topliss-reactive ketones (excluding diaryl/α,β-unsaturated/α-hetero) is 4. The molecule has 1 aliphatic heterocycles. The summed E-state index contributed by atoms with van der Waals surface area (Å²) >= 11 is 0. The highest BCUT2D eigenvalue weighted by atomic mass is 16.3. The van der Waals surface area contributed by atoms with Crippen molar-refractivity contribution in [2.24, 2.45) is 64.2 Å². The summed E-state index contributed by atoms with van der Waals surface area (Å²) in [4.78, 5) is 140. The lowest BCUT2D eigenvalue weighted by atomic mass is 9.87. The van der Waals surface area contributed by atoms with E-state index >= 15 is 0 Å². The van der Waals surface area contributed by atoms with E-state index in [1.54, 1.807) is 30.3 Å². The quantitative estimate of drug-likeness (QED) is 0.0586. The van der Waals surface area contributed by atoms with Crippen LogP contribution >= 0.6 is 0 Å². The highest BCUT2D eigenvalue weighted by molar-refractivity contribution is 5.98. The molecule has 6 amide bonds. The van der Waals surface area contributed by atoms with Gasteiger partial charge in [-0.25, -0.2) is 0 Å². The lowest BCUT2D eigenvalue weighted by molar-refractivity contribution is -0.137. The second kappa shape index (κ2) is 32.9. The van der Waals surface area contributed by atoms with Crippen molar-refractivity contribution in [3.63, 3.8) is 0 Å². The maximum atomic E-state index is 14.5. The molecule has 2 aliphatic rings. The number of hydrogen-bond donors (Lipinski definition) is 13. The van der Waals surface area contributed by atoms with Gasteiger partial charge in [0, 0.05) is 56.0 Å². The van der Waals surface area contributed by atoms with Gasteiger partial charge in [-0.2, -0.15) is 0 Å². The topological polar surface area (TPSA) is 413 Å². The van der Waals surface area contributed by atoms with Crippen molar-refractivity contribution in [2.75, 3.05) is 32.7 Å². The number of aliphatic hydroxyl groups is 2. The lowest BCUT2D eigenvalue weighted by Gasteiger charge is -2.28. The zero-order chi connectivity index (χ0) is 56.6. The second-order valence-corrected chi connectivity index (χ2v) is 21.0. The molecule has 23 nitrogen and oxygen atoms in total. The summed E-state index contributed by atoms with van der Waals surface area (Å²) in [5.41, 5.74) is 30.5. The van der Waals surface area contributed by atoms with Crippen LogP contribution < -0.4 is 60.6 Å². The highest BCUT2D eigenvalue weighted by Gasteiger charge is 2.39. The van der Waals surface area contributed by atoms with Crippen LogP contribution in [0.5, 0.6) is 0 Å². The molecule has 1 heterocycles. The normalized spacial score (nSPS) is 26.7. The van der Waals surface area contributed by atoms with Gasteiger partial charge in [0.05, 0.1) is 42.2 Å². The number of carbonyl (C=O) groups is 10. The fourth-order valence-electron chi connectivity index (χ4n) is 9.82. The van der Waals surface area contributed by atoms with Gasteiger partial charge in [0.15, 0.2) is 17.3 Å². The first kappa shape index (κ1) is 64.7. The molecule has 1 aliphatic carbocycles. The van der Waals surface area contributed by atoms with Crippen molar-refractivity contribution in [1.82, 2.24) is 31.9 Å². The summed E-state index contributed by atoms with van der Waals surface area (Å²) in [7, 11) is 0. The van der Waals surface area contributed by atoms with Gasteiger partial charge in [0.25, 0.3) is 0 Å². The minimum Gasteiger partial charge on any atom is -0.393 e. The molecule has 4 unspecified atom stereocenters. The molecule has 0 radical (unpaired) electrons.